The number of rotatable bonds is 6. The SMILES string of the molecule is O=C(O)c1ccccc1OCCN1CCCC(CO)C1. The fourth-order valence-electron chi connectivity index (χ4n) is 2.56. The van der Waals surface area contributed by atoms with Crippen molar-refractivity contribution in [2.45, 2.75) is 12.8 Å². The predicted octanol–water partition coefficient (Wildman–Crippen LogP) is 1.47. The number of hydrogen-bond acceptors (Lipinski definition) is 4. The number of hydrogen-bond donors (Lipinski definition) is 2. The smallest absolute Gasteiger partial charge is 0.339 e. The molecule has 1 aliphatic rings. The highest BCUT2D eigenvalue weighted by Crippen LogP contribution is 2.19. The molecule has 0 saturated carbocycles. The predicted molar refractivity (Wildman–Crippen MR) is 75.1 cm³/mol. The highest BCUT2D eigenvalue weighted by atomic mass is 16.5. The van der Waals surface area contributed by atoms with E-state index in [0.29, 0.717) is 18.3 Å². The Hall–Kier alpha value is -1.59. The molecule has 1 aliphatic heterocycles. The minimum absolute atomic E-state index is 0.194. The van der Waals surface area contributed by atoms with Gasteiger partial charge in [-0.2, -0.15) is 0 Å². The van der Waals surface area contributed by atoms with Gasteiger partial charge in [-0.05, 0) is 37.4 Å². The second-order valence-corrected chi connectivity index (χ2v) is 5.14. The van der Waals surface area contributed by atoms with E-state index >= 15 is 0 Å². The zero-order chi connectivity index (χ0) is 14.4. The third-order valence-electron chi connectivity index (χ3n) is 3.64. The summed E-state index contributed by atoms with van der Waals surface area (Å²) < 4.78 is 5.59. The maximum absolute atomic E-state index is 11.1. The van der Waals surface area contributed by atoms with Crippen molar-refractivity contribution in [2.75, 3.05) is 32.8 Å². The molecule has 20 heavy (non-hydrogen) atoms. The third kappa shape index (κ3) is 3.95. The summed E-state index contributed by atoms with van der Waals surface area (Å²) in [5.41, 5.74) is 0.194. The largest absolute Gasteiger partial charge is 0.491 e. The standard InChI is InChI=1S/C15H21NO4/c17-11-12-4-3-7-16(10-12)8-9-20-14-6-2-1-5-13(14)15(18)19/h1-2,5-6,12,17H,3-4,7-11H2,(H,18,19). The van der Waals surface area contributed by atoms with Gasteiger partial charge in [-0.3, -0.25) is 4.90 Å². The molecular formula is C15H21NO4. The second kappa shape index (κ2) is 7.26. The molecule has 2 rings (SSSR count). The molecule has 5 heteroatoms. The zero-order valence-electron chi connectivity index (χ0n) is 11.5. The van der Waals surface area contributed by atoms with Crippen LogP contribution < -0.4 is 4.74 Å². The van der Waals surface area contributed by atoms with Gasteiger partial charge in [-0.25, -0.2) is 4.79 Å². The summed E-state index contributed by atoms with van der Waals surface area (Å²) >= 11 is 0. The second-order valence-electron chi connectivity index (χ2n) is 5.14. The molecule has 1 atom stereocenters. The number of piperidine rings is 1. The van der Waals surface area contributed by atoms with Gasteiger partial charge in [0.15, 0.2) is 0 Å². The van der Waals surface area contributed by atoms with Crippen molar-refractivity contribution in [2.24, 2.45) is 5.92 Å². The number of aliphatic hydroxyl groups is 1. The summed E-state index contributed by atoms with van der Waals surface area (Å²) in [4.78, 5) is 13.3. The van der Waals surface area contributed by atoms with Crippen LogP contribution in [0.15, 0.2) is 24.3 Å². The van der Waals surface area contributed by atoms with Crippen LogP contribution in [0.4, 0.5) is 0 Å². The summed E-state index contributed by atoms with van der Waals surface area (Å²) in [7, 11) is 0. The normalized spacial score (nSPS) is 19.8. The summed E-state index contributed by atoms with van der Waals surface area (Å²) in [6, 6.07) is 6.67. The van der Waals surface area contributed by atoms with Gasteiger partial charge in [0.2, 0.25) is 0 Å². The van der Waals surface area contributed by atoms with Crippen molar-refractivity contribution in [1.29, 1.82) is 0 Å². The van der Waals surface area contributed by atoms with E-state index in [2.05, 4.69) is 4.90 Å². The van der Waals surface area contributed by atoms with Crippen molar-refractivity contribution >= 4 is 5.97 Å². The molecule has 2 N–H and O–H groups in total. The van der Waals surface area contributed by atoms with Gasteiger partial charge in [-0.1, -0.05) is 12.1 Å². The Morgan fingerprint density at radius 3 is 2.95 bits per heavy atom. The number of ether oxygens (including phenoxy) is 1. The van der Waals surface area contributed by atoms with Crippen molar-refractivity contribution in [3.05, 3.63) is 29.8 Å². The highest BCUT2D eigenvalue weighted by molar-refractivity contribution is 5.90. The zero-order valence-corrected chi connectivity index (χ0v) is 11.5. The van der Waals surface area contributed by atoms with Crippen LogP contribution in [0.3, 0.4) is 0 Å². The van der Waals surface area contributed by atoms with Gasteiger partial charge in [0.1, 0.15) is 17.9 Å². The average molecular weight is 279 g/mol. The molecule has 0 aromatic heterocycles. The lowest BCUT2D eigenvalue weighted by molar-refractivity contribution is 0.0690. The molecule has 1 saturated heterocycles. The Labute approximate surface area is 118 Å². The molecule has 0 radical (unpaired) electrons. The molecule has 0 spiro atoms. The molecule has 1 fully saturated rings. The van der Waals surface area contributed by atoms with Crippen molar-refractivity contribution in [3.8, 4) is 5.75 Å². The van der Waals surface area contributed by atoms with E-state index in [1.54, 1.807) is 24.3 Å². The minimum atomic E-state index is -0.973. The monoisotopic (exact) mass is 279 g/mol. The van der Waals surface area contributed by atoms with E-state index in [4.69, 9.17) is 9.84 Å². The van der Waals surface area contributed by atoms with Crippen molar-refractivity contribution in [1.82, 2.24) is 4.90 Å². The molecule has 0 aliphatic carbocycles. The van der Waals surface area contributed by atoms with E-state index in [-0.39, 0.29) is 12.2 Å². The number of carboxylic acids is 1. The molecule has 1 aromatic carbocycles. The number of carboxylic acid groups (broad SMARTS) is 1. The Morgan fingerprint density at radius 1 is 1.40 bits per heavy atom. The highest BCUT2D eigenvalue weighted by Gasteiger charge is 2.19. The fourth-order valence-corrected chi connectivity index (χ4v) is 2.56. The number of para-hydroxylation sites is 1. The first-order valence-electron chi connectivity index (χ1n) is 6.99. The first-order chi connectivity index (χ1) is 9.70. The maximum Gasteiger partial charge on any atom is 0.339 e. The number of aliphatic hydroxyl groups excluding tert-OH is 1. The van der Waals surface area contributed by atoms with E-state index in [9.17, 15) is 9.90 Å². The van der Waals surface area contributed by atoms with Gasteiger partial charge >= 0.3 is 5.97 Å². The van der Waals surface area contributed by atoms with E-state index < -0.39 is 5.97 Å². The molecule has 1 unspecified atom stereocenters. The molecule has 0 bridgehead atoms. The van der Waals surface area contributed by atoms with E-state index in [1.165, 1.54) is 0 Å². The Balaban J connectivity index is 1.82. The Morgan fingerprint density at radius 2 is 2.20 bits per heavy atom. The first-order valence-corrected chi connectivity index (χ1v) is 6.99. The van der Waals surface area contributed by atoms with Crippen LogP contribution >= 0.6 is 0 Å². The van der Waals surface area contributed by atoms with Crippen LogP contribution in [0.1, 0.15) is 23.2 Å². The molecular weight excluding hydrogens is 258 g/mol. The summed E-state index contributed by atoms with van der Waals surface area (Å²) in [6.07, 6.45) is 2.17. The Bertz CT molecular complexity index is 449. The van der Waals surface area contributed by atoms with Gasteiger partial charge in [0.25, 0.3) is 0 Å². The average Bonchev–Trinajstić information content (AvgIpc) is 2.48. The van der Waals surface area contributed by atoms with Crippen molar-refractivity contribution in [3.63, 3.8) is 0 Å². The summed E-state index contributed by atoms with van der Waals surface area (Å²) in [5, 5.41) is 18.2. The van der Waals surface area contributed by atoms with Crippen molar-refractivity contribution < 1.29 is 19.7 Å². The topological polar surface area (TPSA) is 70.0 Å². The van der Waals surface area contributed by atoms with Crippen LogP contribution in [0.2, 0.25) is 0 Å². The molecule has 5 nitrogen and oxygen atoms in total. The van der Waals surface area contributed by atoms with Crippen LogP contribution in [0, 0.1) is 5.92 Å². The number of likely N-dealkylation sites (tertiary alicyclic amines) is 1. The lowest BCUT2D eigenvalue weighted by atomic mass is 9.99. The molecule has 110 valence electrons. The van der Waals surface area contributed by atoms with Gasteiger partial charge in [-0.15, -0.1) is 0 Å². The van der Waals surface area contributed by atoms with Gasteiger partial charge in [0, 0.05) is 19.7 Å². The van der Waals surface area contributed by atoms with Crippen LogP contribution in [0.25, 0.3) is 0 Å². The minimum Gasteiger partial charge on any atom is -0.491 e. The number of carbonyl (C=O) groups is 1. The third-order valence-corrected chi connectivity index (χ3v) is 3.64. The maximum atomic E-state index is 11.1. The fraction of sp³-hybridized carbons (Fsp3) is 0.533. The number of benzene rings is 1. The van der Waals surface area contributed by atoms with E-state index in [1.807, 2.05) is 0 Å². The lowest BCUT2D eigenvalue weighted by Gasteiger charge is -2.31. The van der Waals surface area contributed by atoms with Crippen LogP contribution in [-0.2, 0) is 0 Å². The molecule has 0 amide bonds. The summed E-state index contributed by atoms with van der Waals surface area (Å²) in [6.45, 7) is 3.35. The van der Waals surface area contributed by atoms with E-state index in [0.717, 1.165) is 32.5 Å². The first kappa shape index (κ1) is 14.8. The molecule has 1 aromatic rings. The molecule has 1 heterocycles. The lowest BCUT2D eigenvalue weighted by Crippen LogP contribution is -2.39. The van der Waals surface area contributed by atoms with Gasteiger partial charge in [0.05, 0.1) is 0 Å². The quantitative estimate of drug-likeness (QED) is 0.825. The summed E-state index contributed by atoms with van der Waals surface area (Å²) in [5.74, 6) is -0.204. The number of nitrogens with zero attached hydrogens (tertiary/aromatic N) is 1. The van der Waals surface area contributed by atoms with Gasteiger partial charge < -0.3 is 14.9 Å². The number of aromatic carboxylic acids is 1. The Kier molecular flexibility index (Phi) is 5.38. The van der Waals surface area contributed by atoms with Crippen LogP contribution in [0.5, 0.6) is 5.75 Å². The van der Waals surface area contributed by atoms with Crippen LogP contribution in [-0.4, -0.2) is 53.9 Å².